The second-order valence-electron chi connectivity index (χ2n) is 14.5. The lowest BCUT2D eigenvalue weighted by Crippen LogP contribution is -2.05. The molecule has 0 radical (unpaired) electrons. The summed E-state index contributed by atoms with van der Waals surface area (Å²) in [5, 5.41) is 52.9. The first-order valence-corrected chi connectivity index (χ1v) is 20.1. The highest BCUT2D eigenvalue weighted by atomic mass is 35.5. The zero-order valence-corrected chi connectivity index (χ0v) is 36.7. The SMILES string of the molecule is Cc1cc(/C=C/C#N)cc(C)c1-c1cc(F)cc2c(N)nc(Cl)nc12.Cc1cc(/C=C/C#N)cc(C)c1-c1cc(F)cc2c(N)nc(Nc3ccc(C#N)nn3)nc12.N#Cc1ccc(N)nn1. The van der Waals surface area contributed by atoms with E-state index in [4.69, 9.17) is 49.8 Å². The van der Waals surface area contributed by atoms with Crippen LogP contribution in [0.4, 0.5) is 38.0 Å². The van der Waals surface area contributed by atoms with Crippen LogP contribution < -0.4 is 22.5 Å². The van der Waals surface area contributed by atoms with E-state index in [0.717, 1.165) is 44.5 Å². The number of halogens is 3. The van der Waals surface area contributed by atoms with Crippen molar-refractivity contribution in [1.29, 1.82) is 21.0 Å². The third-order valence-corrected chi connectivity index (χ3v) is 9.90. The molecule has 16 nitrogen and oxygen atoms in total. The summed E-state index contributed by atoms with van der Waals surface area (Å²) < 4.78 is 28.8. The van der Waals surface area contributed by atoms with Crippen molar-refractivity contribution in [3.63, 3.8) is 0 Å². The molecule has 328 valence electrons. The van der Waals surface area contributed by atoms with Gasteiger partial charge in [-0.2, -0.15) is 26.0 Å². The second-order valence-corrected chi connectivity index (χ2v) is 14.8. The molecule has 0 fully saturated rings. The number of aryl methyl sites for hydroxylation is 4. The van der Waals surface area contributed by atoms with Gasteiger partial charge in [-0.1, -0.05) is 24.3 Å². The molecule has 0 atom stereocenters. The van der Waals surface area contributed by atoms with Gasteiger partial charge in [0.2, 0.25) is 11.2 Å². The fourth-order valence-corrected chi connectivity index (χ4v) is 7.30. The van der Waals surface area contributed by atoms with E-state index >= 15 is 0 Å². The molecule has 8 aromatic rings. The van der Waals surface area contributed by atoms with Gasteiger partial charge in [-0.15, -0.1) is 20.4 Å². The van der Waals surface area contributed by atoms with E-state index in [1.54, 1.807) is 18.2 Å². The van der Waals surface area contributed by atoms with E-state index in [0.29, 0.717) is 44.6 Å². The van der Waals surface area contributed by atoms with Crippen LogP contribution in [0.3, 0.4) is 0 Å². The standard InChI is InChI=1S/C24H17FN8.C19H14ClFN4.C5H4N4/c1-13-8-15(4-3-7-26)9-14(2)21(13)18-10-16(25)11-19-22(18)30-24(31-23(19)28)29-20-6-5-17(12-27)32-33-20;1-10-6-12(4-3-5-22)7-11(2)16(10)14-8-13(21)9-15-17(14)24-19(20)25-18(15)23;6-3-4-1-2-5(7)9-8-4/h3-6,8-11H,1-2H3,(H3,28,29,30,31,33);3-4,6-9H,1-2H3,(H2,23,24,25);1-2H,(H2,7,9)/b2*4-3+;. The van der Waals surface area contributed by atoms with Gasteiger partial charge in [0, 0.05) is 34.1 Å². The number of fused-ring (bicyclic) bond motifs is 2. The predicted octanol–water partition coefficient (Wildman–Crippen LogP) is 9.33. The lowest BCUT2D eigenvalue weighted by molar-refractivity contribution is 0.629. The monoisotopic (exact) mass is 908 g/mol. The van der Waals surface area contributed by atoms with E-state index in [9.17, 15) is 8.78 Å². The number of nitriles is 4. The Bertz CT molecular complexity index is 3390. The predicted molar refractivity (Wildman–Crippen MR) is 253 cm³/mol. The van der Waals surface area contributed by atoms with Crippen molar-refractivity contribution < 1.29 is 8.78 Å². The van der Waals surface area contributed by atoms with Crippen molar-refractivity contribution in [2.45, 2.75) is 27.7 Å². The van der Waals surface area contributed by atoms with Crippen LogP contribution >= 0.6 is 11.6 Å². The molecule has 0 bridgehead atoms. The van der Waals surface area contributed by atoms with Crippen LogP contribution in [0.15, 0.2) is 84.9 Å². The number of rotatable bonds is 6. The molecule has 4 heterocycles. The zero-order chi connectivity index (χ0) is 48.4. The number of nitrogens with zero attached hydrogens (tertiary/aromatic N) is 12. The lowest BCUT2D eigenvalue weighted by Gasteiger charge is -2.15. The second kappa shape index (κ2) is 20.8. The van der Waals surface area contributed by atoms with Gasteiger partial charge in [-0.25, -0.2) is 23.7 Å². The number of hydrogen-bond donors (Lipinski definition) is 4. The normalized spacial score (nSPS) is 10.6. The number of benzene rings is 4. The highest BCUT2D eigenvalue weighted by molar-refractivity contribution is 6.29. The van der Waals surface area contributed by atoms with E-state index in [-0.39, 0.29) is 34.3 Å². The number of anilines is 5. The van der Waals surface area contributed by atoms with Crippen LogP contribution in [0.1, 0.15) is 44.8 Å². The highest BCUT2D eigenvalue weighted by Gasteiger charge is 2.18. The third kappa shape index (κ3) is 11.2. The molecule has 0 spiro atoms. The van der Waals surface area contributed by atoms with Crippen LogP contribution in [0.2, 0.25) is 5.28 Å². The van der Waals surface area contributed by atoms with Crippen LogP contribution in [-0.2, 0) is 0 Å². The first-order valence-electron chi connectivity index (χ1n) is 19.7. The summed E-state index contributed by atoms with van der Waals surface area (Å²) in [5.74, 6) is 0.182. The summed E-state index contributed by atoms with van der Waals surface area (Å²) in [7, 11) is 0. The van der Waals surface area contributed by atoms with E-state index < -0.39 is 11.6 Å². The maximum atomic E-state index is 14.6. The fraction of sp³-hybridized carbons (Fsp3) is 0.0833. The third-order valence-electron chi connectivity index (χ3n) is 9.73. The van der Waals surface area contributed by atoms with Crippen LogP contribution in [-0.4, -0.2) is 40.3 Å². The van der Waals surface area contributed by atoms with Crippen molar-refractivity contribution >= 4 is 74.8 Å². The van der Waals surface area contributed by atoms with E-state index in [1.807, 2.05) is 76.2 Å². The van der Waals surface area contributed by atoms with E-state index in [2.05, 4.69) is 45.6 Å². The number of nitrogen functional groups attached to an aromatic ring is 3. The minimum Gasteiger partial charge on any atom is -0.383 e. The summed E-state index contributed by atoms with van der Waals surface area (Å²) in [4.78, 5) is 17.0. The Balaban J connectivity index is 0.000000191. The summed E-state index contributed by atoms with van der Waals surface area (Å²) in [6.45, 7) is 7.68. The van der Waals surface area contributed by atoms with Gasteiger partial charge in [0.1, 0.15) is 41.2 Å². The topological polar surface area (TPSA) is 288 Å². The van der Waals surface area contributed by atoms with Gasteiger partial charge in [-0.05, 0) is 144 Å². The number of allylic oxidation sites excluding steroid dienone is 2. The summed E-state index contributed by atoms with van der Waals surface area (Å²) in [6, 6.07) is 26.9. The maximum absolute atomic E-state index is 14.6. The Labute approximate surface area is 387 Å². The first-order chi connectivity index (χ1) is 32.1. The summed E-state index contributed by atoms with van der Waals surface area (Å²) in [5.41, 5.74) is 26.9. The van der Waals surface area contributed by atoms with Crippen molar-refractivity contribution in [3.05, 3.63) is 147 Å². The molecule has 4 aromatic carbocycles. The quantitative estimate of drug-likeness (QED) is 0.0892. The molecule has 7 N–H and O–H groups in total. The molecule has 0 aliphatic rings. The maximum Gasteiger partial charge on any atom is 0.230 e. The van der Waals surface area contributed by atoms with E-state index in [1.165, 1.54) is 54.6 Å². The Morgan fingerprint density at radius 1 is 0.567 bits per heavy atom. The molecule has 8 rings (SSSR count). The molecule has 0 saturated carbocycles. The van der Waals surface area contributed by atoms with Crippen molar-refractivity contribution in [1.82, 2.24) is 40.3 Å². The highest BCUT2D eigenvalue weighted by Crippen LogP contribution is 2.38. The van der Waals surface area contributed by atoms with Gasteiger partial charge in [0.25, 0.3) is 0 Å². The van der Waals surface area contributed by atoms with Gasteiger partial charge >= 0.3 is 0 Å². The van der Waals surface area contributed by atoms with Crippen LogP contribution in [0.25, 0.3) is 56.2 Å². The number of nitrogens with one attached hydrogen (secondary N) is 1. The van der Waals surface area contributed by atoms with Crippen LogP contribution in [0.5, 0.6) is 0 Å². The van der Waals surface area contributed by atoms with Gasteiger partial charge in [0.05, 0.1) is 23.2 Å². The van der Waals surface area contributed by atoms with Crippen molar-refractivity contribution in [3.8, 4) is 46.5 Å². The average molecular weight is 909 g/mol. The smallest absolute Gasteiger partial charge is 0.230 e. The molecule has 0 amide bonds. The summed E-state index contributed by atoms with van der Waals surface area (Å²) >= 11 is 5.95. The first kappa shape index (κ1) is 47.0. The van der Waals surface area contributed by atoms with Gasteiger partial charge in [-0.3, -0.25) is 0 Å². The number of aromatic nitrogens is 8. The average Bonchev–Trinajstić information content (AvgIpc) is 3.29. The zero-order valence-electron chi connectivity index (χ0n) is 36.0. The largest absolute Gasteiger partial charge is 0.383 e. The molecule has 67 heavy (non-hydrogen) atoms. The Hall–Kier alpha value is -9.49. The minimum absolute atomic E-state index is 0.0155. The molecule has 0 saturated heterocycles. The van der Waals surface area contributed by atoms with Crippen LogP contribution in [0, 0.1) is 84.7 Å². The molecular weight excluding hydrogens is 874 g/mol. The molecule has 0 unspecified atom stereocenters. The summed E-state index contributed by atoms with van der Waals surface area (Å²) in [6.07, 6.45) is 6.27. The lowest BCUT2D eigenvalue weighted by atomic mass is 9.92. The Morgan fingerprint density at radius 3 is 1.46 bits per heavy atom. The molecule has 4 aromatic heterocycles. The molecule has 19 heteroatoms. The Morgan fingerprint density at radius 2 is 1.03 bits per heavy atom. The van der Waals surface area contributed by atoms with Gasteiger partial charge < -0.3 is 22.5 Å². The van der Waals surface area contributed by atoms with Gasteiger partial charge in [0.15, 0.2) is 17.2 Å². The Kier molecular flexibility index (Phi) is 14.6. The molecule has 0 aliphatic carbocycles. The number of nitrogens with two attached hydrogens (primary N) is 3. The minimum atomic E-state index is -0.460. The molecular formula is C48H35ClF2N16. The fourth-order valence-electron chi connectivity index (χ4n) is 7.13. The number of hydrogen-bond acceptors (Lipinski definition) is 16. The van der Waals surface area contributed by atoms with Crippen molar-refractivity contribution in [2.24, 2.45) is 0 Å². The van der Waals surface area contributed by atoms with Crippen molar-refractivity contribution in [2.75, 3.05) is 22.5 Å². The molecule has 0 aliphatic heterocycles.